The lowest BCUT2D eigenvalue weighted by atomic mass is 10.2. The van der Waals surface area contributed by atoms with Crippen LogP contribution in [0.5, 0.6) is 0 Å². The van der Waals surface area contributed by atoms with Gasteiger partial charge in [0.2, 0.25) is 10.0 Å². The van der Waals surface area contributed by atoms with Gasteiger partial charge < -0.3 is 10.7 Å². The summed E-state index contributed by atoms with van der Waals surface area (Å²) in [6.45, 7) is 0.535. The Morgan fingerprint density at radius 1 is 1.25 bits per heavy atom. The number of aromatic nitrogens is 2. The highest BCUT2D eigenvalue weighted by molar-refractivity contribution is 7.89. The average molecular weight is 294 g/mol. The summed E-state index contributed by atoms with van der Waals surface area (Å²) in [6.07, 6.45) is 2.41. The number of nitrogens with zero attached hydrogens (tertiary/aromatic N) is 2. The third-order valence-corrected chi connectivity index (χ3v) is 4.78. The van der Waals surface area contributed by atoms with Gasteiger partial charge in [-0.1, -0.05) is 12.1 Å². The molecule has 0 amide bonds. The van der Waals surface area contributed by atoms with Gasteiger partial charge in [0.1, 0.15) is 5.82 Å². The van der Waals surface area contributed by atoms with Crippen LogP contribution in [-0.2, 0) is 16.4 Å². The van der Waals surface area contributed by atoms with Crippen LogP contribution in [0.3, 0.4) is 0 Å². The minimum atomic E-state index is -3.39. The molecule has 6 nitrogen and oxygen atoms in total. The molecule has 0 saturated heterocycles. The zero-order valence-electron chi connectivity index (χ0n) is 11.5. The normalized spacial score (nSPS) is 12.0. The summed E-state index contributed by atoms with van der Waals surface area (Å²) in [5.41, 5.74) is 7.21. The third-order valence-electron chi connectivity index (χ3n) is 2.95. The molecule has 0 spiro atoms. The molecule has 0 fully saturated rings. The second-order valence-corrected chi connectivity index (χ2v) is 6.75. The van der Waals surface area contributed by atoms with Crippen LogP contribution in [0.4, 0.5) is 0 Å². The van der Waals surface area contributed by atoms with Crippen LogP contribution in [0.25, 0.3) is 11.3 Å². The Morgan fingerprint density at radius 3 is 2.45 bits per heavy atom. The number of benzene rings is 1. The van der Waals surface area contributed by atoms with E-state index in [1.807, 2.05) is 0 Å². The number of sulfonamides is 1. The van der Waals surface area contributed by atoms with Crippen molar-refractivity contribution in [2.45, 2.75) is 11.3 Å². The Morgan fingerprint density at radius 2 is 1.90 bits per heavy atom. The molecule has 0 aliphatic rings. The zero-order chi connectivity index (χ0) is 14.8. The molecule has 0 bridgehead atoms. The van der Waals surface area contributed by atoms with E-state index in [0.29, 0.717) is 13.0 Å². The second kappa shape index (κ2) is 5.74. The molecule has 3 N–H and O–H groups in total. The maximum absolute atomic E-state index is 12.0. The Kier molecular flexibility index (Phi) is 4.22. The Labute approximate surface area is 118 Å². The van der Waals surface area contributed by atoms with Crippen molar-refractivity contribution in [3.05, 3.63) is 36.3 Å². The minimum Gasteiger partial charge on any atom is -0.342 e. The smallest absolute Gasteiger partial charge is 0.242 e. The highest BCUT2D eigenvalue weighted by Crippen LogP contribution is 2.21. The molecule has 1 aromatic carbocycles. The number of hydrogen-bond donors (Lipinski definition) is 2. The van der Waals surface area contributed by atoms with Gasteiger partial charge in [-0.15, -0.1) is 0 Å². The first-order valence-electron chi connectivity index (χ1n) is 6.22. The summed E-state index contributed by atoms with van der Waals surface area (Å²) in [7, 11) is -0.366. The van der Waals surface area contributed by atoms with Crippen LogP contribution >= 0.6 is 0 Å². The largest absolute Gasteiger partial charge is 0.342 e. The molecule has 0 atom stereocenters. The van der Waals surface area contributed by atoms with Gasteiger partial charge in [0, 0.05) is 20.5 Å². The predicted molar refractivity (Wildman–Crippen MR) is 77.7 cm³/mol. The number of imidazole rings is 1. The fourth-order valence-corrected chi connectivity index (χ4v) is 2.69. The zero-order valence-corrected chi connectivity index (χ0v) is 12.3. The molecule has 2 rings (SSSR count). The topological polar surface area (TPSA) is 92.1 Å². The molecule has 0 aliphatic carbocycles. The van der Waals surface area contributed by atoms with E-state index in [0.717, 1.165) is 17.1 Å². The van der Waals surface area contributed by atoms with Crippen LogP contribution in [0.2, 0.25) is 0 Å². The molecule has 1 aromatic heterocycles. The van der Waals surface area contributed by atoms with E-state index in [9.17, 15) is 8.42 Å². The van der Waals surface area contributed by atoms with Gasteiger partial charge in [-0.2, -0.15) is 0 Å². The average Bonchev–Trinajstić information content (AvgIpc) is 2.88. The number of hydrogen-bond acceptors (Lipinski definition) is 4. The highest BCUT2D eigenvalue weighted by atomic mass is 32.2. The molecule has 108 valence electrons. The van der Waals surface area contributed by atoms with Crippen LogP contribution < -0.4 is 5.73 Å². The molecule has 1 heterocycles. The summed E-state index contributed by atoms with van der Waals surface area (Å²) < 4.78 is 25.1. The van der Waals surface area contributed by atoms with Gasteiger partial charge in [0.05, 0.1) is 16.8 Å². The molecule has 7 heteroatoms. The molecule has 20 heavy (non-hydrogen) atoms. The van der Waals surface area contributed by atoms with Crippen LogP contribution in [0, 0.1) is 0 Å². The Hall–Kier alpha value is -1.70. The summed E-state index contributed by atoms with van der Waals surface area (Å²) in [5, 5.41) is 0. The van der Waals surface area contributed by atoms with Crippen LogP contribution in [-0.4, -0.2) is 43.3 Å². The van der Waals surface area contributed by atoms with Crippen molar-refractivity contribution in [3.63, 3.8) is 0 Å². The Balaban J connectivity index is 2.28. The van der Waals surface area contributed by atoms with E-state index in [2.05, 4.69) is 9.97 Å². The van der Waals surface area contributed by atoms with Crippen molar-refractivity contribution in [3.8, 4) is 11.3 Å². The van der Waals surface area contributed by atoms with Gasteiger partial charge in [0.15, 0.2) is 0 Å². The Bertz CT molecular complexity index is 675. The van der Waals surface area contributed by atoms with Crippen molar-refractivity contribution in [1.82, 2.24) is 14.3 Å². The molecular weight excluding hydrogens is 276 g/mol. The fourth-order valence-electron chi connectivity index (χ4n) is 1.79. The standard InChI is InChI=1S/C13H18N4O2S/c1-17(2)20(18,19)11-5-3-10(4-6-11)12-9-15-13(16-12)7-8-14/h3-6,9H,7-8,14H2,1-2H3,(H,15,16). The molecule has 0 saturated carbocycles. The van der Waals surface area contributed by atoms with E-state index >= 15 is 0 Å². The lowest BCUT2D eigenvalue weighted by Crippen LogP contribution is -2.22. The maximum Gasteiger partial charge on any atom is 0.242 e. The van der Waals surface area contributed by atoms with E-state index in [1.54, 1.807) is 30.5 Å². The first-order valence-corrected chi connectivity index (χ1v) is 7.66. The summed E-state index contributed by atoms with van der Waals surface area (Å²) in [5.74, 6) is 0.826. The van der Waals surface area contributed by atoms with E-state index < -0.39 is 10.0 Å². The van der Waals surface area contributed by atoms with Gasteiger partial charge in [-0.25, -0.2) is 17.7 Å². The van der Waals surface area contributed by atoms with Gasteiger partial charge >= 0.3 is 0 Å². The summed E-state index contributed by atoms with van der Waals surface area (Å²) in [4.78, 5) is 7.65. The molecule has 0 unspecified atom stereocenters. The van der Waals surface area contributed by atoms with Gasteiger partial charge in [0.25, 0.3) is 0 Å². The number of nitrogens with two attached hydrogens (primary N) is 1. The molecular formula is C13H18N4O2S. The third kappa shape index (κ3) is 2.90. The number of nitrogens with one attached hydrogen (secondary N) is 1. The van der Waals surface area contributed by atoms with Gasteiger partial charge in [-0.05, 0) is 24.2 Å². The highest BCUT2D eigenvalue weighted by Gasteiger charge is 2.16. The van der Waals surface area contributed by atoms with Gasteiger partial charge in [-0.3, -0.25) is 0 Å². The van der Waals surface area contributed by atoms with Crippen LogP contribution in [0.1, 0.15) is 5.82 Å². The van der Waals surface area contributed by atoms with Crippen molar-refractivity contribution < 1.29 is 8.42 Å². The quantitative estimate of drug-likeness (QED) is 0.854. The lowest BCUT2D eigenvalue weighted by Gasteiger charge is -2.11. The first kappa shape index (κ1) is 14.7. The van der Waals surface area contributed by atoms with Crippen molar-refractivity contribution in [2.75, 3.05) is 20.6 Å². The SMILES string of the molecule is CN(C)S(=O)(=O)c1ccc(-c2cnc(CCN)[nH]2)cc1. The summed E-state index contributed by atoms with van der Waals surface area (Å²) in [6, 6.07) is 6.70. The van der Waals surface area contributed by atoms with Crippen LogP contribution in [0.15, 0.2) is 35.4 Å². The number of aromatic amines is 1. The van der Waals surface area contributed by atoms with E-state index in [1.165, 1.54) is 18.4 Å². The molecule has 2 aromatic rings. The second-order valence-electron chi connectivity index (χ2n) is 4.59. The maximum atomic E-state index is 12.0. The first-order chi connectivity index (χ1) is 9.45. The minimum absolute atomic E-state index is 0.271. The van der Waals surface area contributed by atoms with E-state index in [-0.39, 0.29) is 4.90 Å². The predicted octanol–water partition coefficient (Wildman–Crippen LogP) is 0.828. The monoisotopic (exact) mass is 294 g/mol. The van der Waals surface area contributed by atoms with Crippen molar-refractivity contribution >= 4 is 10.0 Å². The lowest BCUT2D eigenvalue weighted by molar-refractivity contribution is 0.521. The fraction of sp³-hybridized carbons (Fsp3) is 0.308. The van der Waals surface area contributed by atoms with Crippen molar-refractivity contribution in [2.24, 2.45) is 5.73 Å². The van der Waals surface area contributed by atoms with E-state index in [4.69, 9.17) is 5.73 Å². The summed E-state index contributed by atoms with van der Waals surface area (Å²) >= 11 is 0. The number of H-pyrrole nitrogens is 1. The molecule has 0 aliphatic heterocycles. The number of rotatable bonds is 5. The van der Waals surface area contributed by atoms with Crippen molar-refractivity contribution in [1.29, 1.82) is 0 Å². The molecule has 0 radical (unpaired) electrons.